The van der Waals surface area contributed by atoms with E-state index in [9.17, 15) is 4.79 Å². The van der Waals surface area contributed by atoms with Gasteiger partial charge < -0.3 is 24.3 Å². The zero-order valence-corrected chi connectivity index (χ0v) is 17.2. The highest BCUT2D eigenvalue weighted by Gasteiger charge is 2.14. The largest absolute Gasteiger partial charge is 0.493 e. The topological polar surface area (TPSA) is 78.9 Å². The summed E-state index contributed by atoms with van der Waals surface area (Å²) in [4.78, 5) is 16.7. The van der Waals surface area contributed by atoms with Crippen LogP contribution in [0.25, 0.3) is 0 Å². The molecule has 0 atom stereocenters. The number of aromatic nitrogens is 1. The molecule has 3 aromatic rings. The minimum absolute atomic E-state index is 0.212. The lowest BCUT2D eigenvalue weighted by molar-refractivity contribution is 0.0950. The average molecular weight is 408 g/mol. The van der Waals surface area contributed by atoms with Crippen molar-refractivity contribution in [3.05, 3.63) is 77.6 Å². The number of methoxy groups -OCH3 is 3. The first kappa shape index (κ1) is 21.0. The van der Waals surface area contributed by atoms with Gasteiger partial charge in [-0.15, -0.1) is 0 Å². The van der Waals surface area contributed by atoms with Crippen molar-refractivity contribution >= 4 is 5.91 Å². The van der Waals surface area contributed by atoms with Gasteiger partial charge in [0.15, 0.2) is 11.5 Å². The molecule has 0 spiro atoms. The van der Waals surface area contributed by atoms with E-state index in [1.807, 2.05) is 18.2 Å². The summed E-state index contributed by atoms with van der Waals surface area (Å²) in [6, 6.07) is 14.4. The molecule has 3 rings (SSSR count). The van der Waals surface area contributed by atoms with Crippen molar-refractivity contribution in [2.24, 2.45) is 0 Å². The molecule has 1 heterocycles. The highest BCUT2D eigenvalue weighted by molar-refractivity contribution is 5.94. The number of amides is 1. The zero-order valence-electron chi connectivity index (χ0n) is 17.2. The van der Waals surface area contributed by atoms with Crippen LogP contribution >= 0.6 is 0 Å². The Morgan fingerprint density at radius 2 is 1.70 bits per heavy atom. The number of nitrogens with zero attached hydrogens (tertiary/aromatic N) is 1. The third kappa shape index (κ3) is 5.20. The molecule has 1 aromatic heterocycles. The van der Waals surface area contributed by atoms with E-state index < -0.39 is 0 Å². The SMILES string of the molecule is COc1cc(CNC(=O)c2cccc(OCc3cccnc3)c2)cc(OC)c1OC. The normalized spacial score (nSPS) is 10.2. The van der Waals surface area contributed by atoms with Gasteiger partial charge in [-0.1, -0.05) is 12.1 Å². The molecular formula is C23H24N2O5. The van der Waals surface area contributed by atoms with Crippen LogP contribution < -0.4 is 24.3 Å². The molecule has 0 saturated carbocycles. The van der Waals surface area contributed by atoms with Crippen LogP contribution in [0, 0.1) is 0 Å². The molecule has 0 aliphatic carbocycles. The van der Waals surface area contributed by atoms with E-state index in [2.05, 4.69) is 10.3 Å². The molecule has 0 unspecified atom stereocenters. The van der Waals surface area contributed by atoms with Gasteiger partial charge >= 0.3 is 0 Å². The average Bonchev–Trinajstić information content (AvgIpc) is 2.81. The number of hydrogen-bond acceptors (Lipinski definition) is 6. The van der Waals surface area contributed by atoms with Gasteiger partial charge in [-0.25, -0.2) is 0 Å². The van der Waals surface area contributed by atoms with Gasteiger partial charge in [-0.05, 0) is 42.0 Å². The molecule has 0 radical (unpaired) electrons. The summed E-state index contributed by atoms with van der Waals surface area (Å²) < 4.78 is 21.8. The Bertz CT molecular complexity index is 967. The summed E-state index contributed by atoms with van der Waals surface area (Å²) in [7, 11) is 4.65. The molecule has 0 bridgehead atoms. The van der Waals surface area contributed by atoms with E-state index in [4.69, 9.17) is 18.9 Å². The molecule has 0 saturated heterocycles. The third-order valence-corrected chi connectivity index (χ3v) is 4.40. The second kappa shape index (κ2) is 10.2. The molecule has 0 fully saturated rings. The number of pyridine rings is 1. The Labute approximate surface area is 175 Å². The predicted molar refractivity (Wildman–Crippen MR) is 112 cm³/mol. The molecule has 1 N–H and O–H groups in total. The minimum Gasteiger partial charge on any atom is -0.493 e. The molecule has 30 heavy (non-hydrogen) atoms. The van der Waals surface area contributed by atoms with E-state index in [0.29, 0.717) is 41.7 Å². The molecule has 1 amide bonds. The van der Waals surface area contributed by atoms with Crippen molar-refractivity contribution in [2.75, 3.05) is 21.3 Å². The van der Waals surface area contributed by atoms with Gasteiger partial charge in [0.25, 0.3) is 5.91 Å². The fraction of sp³-hybridized carbons (Fsp3) is 0.217. The van der Waals surface area contributed by atoms with Crippen molar-refractivity contribution in [1.82, 2.24) is 10.3 Å². The summed E-state index contributed by atoms with van der Waals surface area (Å²) in [6.45, 7) is 0.681. The van der Waals surface area contributed by atoms with Gasteiger partial charge in [-0.2, -0.15) is 0 Å². The fourth-order valence-electron chi connectivity index (χ4n) is 2.90. The number of ether oxygens (including phenoxy) is 4. The van der Waals surface area contributed by atoms with E-state index in [1.165, 1.54) is 0 Å². The molecule has 2 aromatic carbocycles. The van der Waals surface area contributed by atoms with Crippen molar-refractivity contribution in [1.29, 1.82) is 0 Å². The first-order valence-electron chi connectivity index (χ1n) is 9.33. The third-order valence-electron chi connectivity index (χ3n) is 4.40. The fourth-order valence-corrected chi connectivity index (χ4v) is 2.90. The standard InChI is InChI=1S/C23H24N2O5/c1-27-20-10-17(11-21(28-2)22(20)29-3)14-25-23(26)18-7-4-8-19(12-18)30-15-16-6-5-9-24-13-16/h4-13H,14-15H2,1-3H3,(H,25,26). The first-order valence-corrected chi connectivity index (χ1v) is 9.33. The molecule has 0 aliphatic rings. The molecule has 7 nitrogen and oxygen atoms in total. The molecular weight excluding hydrogens is 384 g/mol. The van der Waals surface area contributed by atoms with Crippen LogP contribution in [0.5, 0.6) is 23.0 Å². The first-order chi connectivity index (χ1) is 14.6. The monoisotopic (exact) mass is 408 g/mol. The van der Waals surface area contributed by atoms with Crippen LogP contribution in [0.2, 0.25) is 0 Å². The zero-order chi connectivity index (χ0) is 21.3. The Morgan fingerprint density at radius 1 is 0.933 bits per heavy atom. The summed E-state index contributed by atoms with van der Waals surface area (Å²) in [6.07, 6.45) is 3.45. The van der Waals surface area contributed by atoms with Crippen molar-refractivity contribution in [3.8, 4) is 23.0 Å². The lowest BCUT2D eigenvalue weighted by Crippen LogP contribution is -2.22. The lowest BCUT2D eigenvalue weighted by atomic mass is 10.1. The highest BCUT2D eigenvalue weighted by atomic mass is 16.5. The van der Waals surface area contributed by atoms with Crippen LogP contribution in [0.1, 0.15) is 21.5 Å². The Kier molecular flexibility index (Phi) is 7.10. The minimum atomic E-state index is -0.212. The van der Waals surface area contributed by atoms with Crippen LogP contribution in [0.3, 0.4) is 0 Å². The summed E-state index contributed by atoms with van der Waals surface area (Å²) in [5.74, 6) is 1.97. The van der Waals surface area contributed by atoms with Gasteiger partial charge in [0.1, 0.15) is 12.4 Å². The summed E-state index contributed by atoms with van der Waals surface area (Å²) in [5.41, 5.74) is 2.28. The van der Waals surface area contributed by atoms with Crippen molar-refractivity contribution < 1.29 is 23.7 Å². The smallest absolute Gasteiger partial charge is 0.251 e. The second-order valence-electron chi connectivity index (χ2n) is 6.39. The predicted octanol–water partition coefficient (Wildman–Crippen LogP) is 3.62. The van der Waals surface area contributed by atoms with E-state index >= 15 is 0 Å². The van der Waals surface area contributed by atoms with Crippen molar-refractivity contribution in [3.63, 3.8) is 0 Å². The van der Waals surface area contributed by atoms with Crippen molar-refractivity contribution in [2.45, 2.75) is 13.2 Å². The molecule has 156 valence electrons. The van der Waals surface area contributed by atoms with E-state index in [-0.39, 0.29) is 5.91 Å². The number of rotatable bonds is 9. The maximum atomic E-state index is 12.6. The van der Waals surface area contributed by atoms with Gasteiger partial charge in [0, 0.05) is 30.1 Å². The van der Waals surface area contributed by atoms with Gasteiger partial charge in [0.05, 0.1) is 21.3 Å². The van der Waals surface area contributed by atoms with E-state index in [1.54, 1.807) is 64.1 Å². The van der Waals surface area contributed by atoms with Gasteiger partial charge in [0.2, 0.25) is 5.75 Å². The summed E-state index contributed by atoms with van der Waals surface area (Å²) in [5, 5.41) is 2.90. The number of benzene rings is 2. The number of hydrogen-bond donors (Lipinski definition) is 1. The van der Waals surface area contributed by atoms with Crippen LogP contribution in [-0.2, 0) is 13.2 Å². The van der Waals surface area contributed by atoms with Gasteiger partial charge in [-0.3, -0.25) is 9.78 Å². The maximum absolute atomic E-state index is 12.6. The molecule has 0 aliphatic heterocycles. The number of nitrogens with one attached hydrogen (secondary N) is 1. The van der Waals surface area contributed by atoms with Crippen LogP contribution in [0.15, 0.2) is 60.9 Å². The Morgan fingerprint density at radius 3 is 2.33 bits per heavy atom. The highest BCUT2D eigenvalue weighted by Crippen LogP contribution is 2.38. The molecule has 7 heteroatoms. The lowest BCUT2D eigenvalue weighted by Gasteiger charge is -2.14. The van der Waals surface area contributed by atoms with E-state index in [0.717, 1.165) is 11.1 Å². The Balaban J connectivity index is 1.65. The number of carbonyl (C=O) groups excluding carboxylic acids is 1. The summed E-state index contributed by atoms with van der Waals surface area (Å²) >= 11 is 0. The second-order valence-corrected chi connectivity index (χ2v) is 6.39. The Hall–Kier alpha value is -3.74. The van der Waals surface area contributed by atoms with Crippen LogP contribution in [-0.4, -0.2) is 32.2 Å². The van der Waals surface area contributed by atoms with Crippen LogP contribution in [0.4, 0.5) is 0 Å². The number of carbonyl (C=O) groups is 1. The quantitative estimate of drug-likeness (QED) is 0.583. The maximum Gasteiger partial charge on any atom is 0.251 e.